The van der Waals surface area contributed by atoms with Crippen LogP contribution in [-0.4, -0.2) is 41.1 Å². The molecule has 0 bridgehead atoms. The van der Waals surface area contributed by atoms with Crippen molar-refractivity contribution >= 4 is 23.1 Å². The second-order valence-electron chi connectivity index (χ2n) is 4.66. The van der Waals surface area contributed by atoms with Crippen molar-refractivity contribution < 1.29 is 9.53 Å². The zero-order valence-corrected chi connectivity index (χ0v) is 11.0. The zero-order chi connectivity index (χ0) is 12.3. The molecule has 0 heterocycles. The standard InChI is InChI=1S/C11H20N2O2S/c1-11(2,15-3)10(14)13(8-4-5-8)7-6-9(12)16/h8H,4-7H2,1-3H3,(H2,12,16). The molecule has 2 N–H and O–H groups in total. The predicted molar refractivity (Wildman–Crippen MR) is 67.2 cm³/mol. The van der Waals surface area contributed by atoms with Gasteiger partial charge in [0, 0.05) is 26.1 Å². The van der Waals surface area contributed by atoms with Crippen LogP contribution in [0, 0.1) is 0 Å². The van der Waals surface area contributed by atoms with E-state index < -0.39 is 5.60 Å². The maximum atomic E-state index is 12.2. The van der Waals surface area contributed by atoms with Gasteiger partial charge in [0.15, 0.2) is 0 Å². The number of amides is 1. The lowest BCUT2D eigenvalue weighted by Gasteiger charge is -2.31. The second-order valence-corrected chi connectivity index (χ2v) is 5.18. The van der Waals surface area contributed by atoms with Gasteiger partial charge in [-0.25, -0.2) is 0 Å². The van der Waals surface area contributed by atoms with Gasteiger partial charge in [0.05, 0.1) is 4.99 Å². The Morgan fingerprint density at radius 1 is 1.56 bits per heavy atom. The van der Waals surface area contributed by atoms with Gasteiger partial charge in [-0.2, -0.15) is 0 Å². The first kappa shape index (κ1) is 13.4. The molecule has 1 saturated carbocycles. The Balaban J connectivity index is 2.62. The van der Waals surface area contributed by atoms with Crippen LogP contribution in [0.15, 0.2) is 0 Å². The summed E-state index contributed by atoms with van der Waals surface area (Å²) < 4.78 is 5.21. The summed E-state index contributed by atoms with van der Waals surface area (Å²) in [7, 11) is 1.55. The molecule has 1 aliphatic rings. The highest BCUT2D eigenvalue weighted by molar-refractivity contribution is 7.80. The first-order valence-corrected chi connectivity index (χ1v) is 5.94. The summed E-state index contributed by atoms with van der Waals surface area (Å²) in [6.45, 7) is 4.17. The van der Waals surface area contributed by atoms with Crippen LogP contribution in [-0.2, 0) is 9.53 Å². The SMILES string of the molecule is COC(C)(C)C(=O)N(CCC(N)=S)C1CC1. The largest absolute Gasteiger partial charge is 0.393 e. The first-order chi connectivity index (χ1) is 7.38. The van der Waals surface area contributed by atoms with Crippen LogP contribution in [0.25, 0.3) is 0 Å². The molecule has 1 rings (SSSR count). The van der Waals surface area contributed by atoms with Gasteiger partial charge in [-0.05, 0) is 26.7 Å². The number of hydrogen-bond acceptors (Lipinski definition) is 3. The highest BCUT2D eigenvalue weighted by Crippen LogP contribution is 2.29. The van der Waals surface area contributed by atoms with E-state index in [4.69, 9.17) is 22.7 Å². The molecule has 4 nitrogen and oxygen atoms in total. The molecule has 0 spiro atoms. The molecule has 1 fully saturated rings. The van der Waals surface area contributed by atoms with E-state index in [0.717, 1.165) is 12.8 Å². The fourth-order valence-electron chi connectivity index (χ4n) is 1.50. The van der Waals surface area contributed by atoms with Crippen molar-refractivity contribution in [3.63, 3.8) is 0 Å². The van der Waals surface area contributed by atoms with Crippen molar-refractivity contribution in [1.82, 2.24) is 4.90 Å². The first-order valence-electron chi connectivity index (χ1n) is 5.53. The molecule has 92 valence electrons. The summed E-state index contributed by atoms with van der Waals surface area (Å²) in [5.74, 6) is 0.0220. The number of carbonyl (C=O) groups is 1. The molecule has 0 aromatic rings. The molecule has 0 aliphatic heterocycles. The molecule has 0 unspecified atom stereocenters. The van der Waals surface area contributed by atoms with E-state index in [1.54, 1.807) is 21.0 Å². The predicted octanol–water partition coefficient (Wildman–Crippen LogP) is 1.08. The average Bonchev–Trinajstić information content (AvgIpc) is 3.01. The number of methoxy groups -OCH3 is 1. The van der Waals surface area contributed by atoms with E-state index in [1.165, 1.54) is 0 Å². The Kier molecular flexibility index (Phi) is 4.27. The second kappa shape index (κ2) is 5.10. The van der Waals surface area contributed by atoms with E-state index in [9.17, 15) is 4.79 Å². The maximum absolute atomic E-state index is 12.2. The summed E-state index contributed by atoms with van der Waals surface area (Å²) >= 11 is 4.84. The van der Waals surface area contributed by atoms with Crippen LogP contribution in [0.3, 0.4) is 0 Å². The normalized spacial score (nSPS) is 15.9. The molecular weight excluding hydrogens is 224 g/mol. The van der Waals surface area contributed by atoms with E-state index >= 15 is 0 Å². The van der Waals surface area contributed by atoms with Gasteiger partial charge < -0.3 is 15.4 Å². The fraction of sp³-hybridized carbons (Fsp3) is 0.818. The summed E-state index contributed by atoms with van der Waals surface area (Å²) in [6, 6.07) is 0.358. The number of carbonyl (C=O) groups excluding carboxylic acids is 1. The third kappa shape index (κ3) is 3.42. The Bertz CT molecular complexity index is 288. The van der Waals surface area contributed by atoms with Crippen molar-refractivity contribution in [2.45, 2.75) is 44.8 Å². The maximum Gasteiger partial charge on any atom is 0.254 e. The van der Waals surface area contributed by atoms with E-state index in [1.807, 2.05) is 4.90 Å². The molecule has 1 aliphatic carbocycles. The molecular formula is C11H20N2O2S. The average molecular weight is 244 g/mol. The zero-order valence-electron chi connectivity index (χ0n) is 10.2. The monoisotopic (exact) mass is 244 g/mol. The van der Waals surface area contributed by atoms with Crippen LogP contribution < -0.4 is 5.73 Å². The third-order valence-corrected chi connectivity index (χ3v) is 3.08. The summed E-state index contributed by atoms with van der Waals surface area (Å²) in [4.78, 5) is 14.5. The van der Waals surface area contributed by atoms with E-state index in [-0.39, 0.29) is 5.91 Å². The number of ether oxygens (including phenoxy) is 1. The molecule has 1 amide bonds. The fourth-order valence-corrected chi connectivity index (χ4v) is 1.59. The summed E-state index contributed by atoms with van der Waals surface area (Å²) in [5.41, 5.74) is 4.70. The Hall–Kier alpha value is -0.680. The van der Waals surface area contributed by atoms with Gasteiger partial charge in [-0.1, -0.05) is 12.2 Å². The van der Waals surface area contributed by atoms with Crippen LogP contribution in [0.1, 0.15) is 33.1 Å². The number of nitrogens with two attached hydrogens (primary N) is 1. The summed E-state index contributed by atoms with van der Waals surface area (Å²) in [6.07, 6.45) is 2.73. The van der Waals surface area contributed by atoms with Crippen LogP contribution >= 0.6 is 12.2 Å². The molecule has 16 heavy (non-hydrogen) atoms. The van der Waals surface area contributed by atoms with Crippen LogP contribution in [0.2, 0.25) is 0 Å². The highest BCUT2D eigenvalue weighted by Gasteiger charge is 2.39. The highest BCUT2D eigenvalue weighted by atomic mass is 32.1. The van der Waals surface area contributed by atoms with Crippen molar-refractivity contribution in [3.05, 3.63) is 0 Å². The lowest BCUT2D eigenvalue weighted by Crippen LogP contribution is -2.48. The van der Waals surface area contributed by atoms with Gasteiger partial charge in [0.1, 0.15) is 5.60 Å². The van der Waals surface area contributed by atoms with Crippen LogP contribution in [0.5, 0.6) is 0 Å². The summed E-state index contributed by atoms with van der Waals surface area (Å²) in [5, 5.41) is 0. The smallest absolute Gasteiger partial charge is 0.254 e. The minimum atomic E-state index is -0.765. The lowest BCUT2D eigenvalue weighted by molar-refractivity contribution is -0.151. The van der Waals surface area contributed by atoms with E-state index in [2.05, 4.69) is 0 Å². The van der Waals surface area contributed by atoms with Crippen LogP contribution in [0.4, 0.5) is 0 Å². The van der Waals surface area contributed by atoms with Crippen molar-refractivity contribution in [2.75, 3.05) is 13.7 Å². The van der Waals surface area contributed by atoms with Gasteiger partial charge >= 0.3 is 0 Å². The minimum absolute atomic E-state index is 0.0220. The lowest BCUT2D eigenvalue weighted by atomic mass is 10.1. The number of hydrogen-bond donors (Lipinski definition) is 1. The third-order valence-electron chi connectivity index (χ3n) is 2.87. The molecule has 5 heteroatoms. The molecule has 0 aromatic carbocycles. The Labute approximate surface area is 102 Å². The van der Waals surface area contributed by atoms with Gasteiger partial charge in [0.2, 0.25) is 0 Å². The quantitative estimate of drug-likeness (QED) is 0.710. The van der Waals surface area contributed by atoms with Gasteiger partial charge in [0.25, 0.3) is 5.91 Å². The number of thiocarbonyl (C=S) groups is 1. The minimum Gasteiger partial charge on any atom is -0.393 e. The molecule has 0 aromatic heterocycles. The topological polar surface area (TPSA) is 55.6 Å². The number of nitrogens with zero attached hydrogens (tertiary/aromatic N) is 1. The molecule has 0 saturated heterocycles. The molecule has 0 radical (unpaired) electrons. The van der Waals surface area contributed by atoms with Crippen molar-refractivity contribution in [2.24, 2.45) is 5.73 Å². The Morgan fingerprint density at radius 3 is 2.50 bits per heavy atom. The van der Waals surface area contributed by atoms with Gasteiger partial charge in [-0.3, -0.25) is 4.79 Å². The van der Waals surface area contributed by atoms with E-state index in [0.29, 0.717) is 24.0 Å². The van der Waals surface area contributed by atoms with Crippen molar-refractivity contribution in [1.29, 1.82) is 0 Å². The number of rotatable bonds is 6. The molecule has 0 atom stereocenters. The Morgan fingerprint density at radius 2 is 2.12 bits per heavy atom. The van der Waals surface area contributed by atoms with Gasteiger partial charge in [-0.15, -0.1) is 0 Å². The van der Waals surface area contributed by atoms with Crippen molar-refractivity contribution in [3.8, 4) is 0 Å².